The van der Waals surface area contributed by atoms with E-state index in [0.29, 0.717) is 48.2 Å². The van der Waals surface area contributed by atoms with E-state index in [9.17, 15) is 9.18 Å². The Morgan fingerprint density at radius 2 is 1.74 bits per heavy atom. The van der Waals surface area contributed by atoms with Gasteiger partial charge in [0.05, 0.1) is 14.2 Å². The van der Waals surface area contributed by atoms with Gasteiger partial charge in [-0.25, -0.2) is 4.39 Å². The summed E-state index contributed by atoms with van der Waals surface area (Å²) in [4.78, 5) is 16.7. The number of amides is 1. The number of rotatable bonds is 10. The Kier molecular flexibility index (Phi) is 9.61. The number of aryl methyl sites for hydroxylation is 1. The summed E-state index contributed by atoms with van der Waals surface area (Å²) < 4.78 is 24.2. The van der Waals surface area contributed by atoms with Crippen molar-refractivity contribution in [2.45, 2.75) is 20.3 Å². The minimum Gasteiger partial charge on any atom is -0.493 e. The molecule has 0 aliphatic rings. The Bertz CT molecular complexity index is 902. The number of benzene rings is 2. The summed E-state index contributed by atoms with van der Waals surface area (Å²) in [5.74, 6) is 1.36. The second-order valence-electron chi connectivity index (χ2n) is 6.85. The van der Waals surface area contributed by atoms with Gasteiger partial charge in [-0.1, -0.05) is 12.1 Å². The van der Waals surface area contributed by atoms with Crippen molar-refractivity contribution in [3.63, 3.8) is 0 Å². The molecule has 0 radical (unpaired) electrons. The number of hydrogen-bond acceptors (Lipinski definition) is 4. The molecule has 2 aromatic carbocycles. The lowest BCUT2D eigenvalue weighted by Crippen LogP contribution is -2.41. The van der Waals surface area contributed by atoms with Crippen molar-refractivity contribution in [1.82, 2.24) is 16.0 Å². The average molecular weight is 431 g/mol. The molecule has 3 N–H and O–H groups in total. The lowest BCUT2D eigenvalue weighted by molar-refractivity contribution is 0.0954. The number of guanidine groups is 1. The molecule has 0 spiro atoms. The molecule has 2 aromatic rings. The zero-order valence-corrected chi connectivity index (χ0v) is 18.5. The van der Waals surface area contributed by atoms with Crippen LogP contribution in [-0.2, 0) is 6.42 Å². The Labute approximate surface area is 183 Å². The summed E-state index contributed by atoms with van der Waals surface area (Å²) in [5.41, 5.74) is 1.91. The molecule has 0 saturated heterocycles. The second-order valence-corrected chi connectivity index (χ2v) is 6.85. The van der Waals surface area contributed by atoms with Crippen LogP contribution in [-0.4, -0.2) is 52.3 Å². The molecule has 8 heteroatoms. The van der Waals surface area contributed by atoms with Crippen molar-refractivity contribution in [2.75, 3.05) is 40.4 Å². The highest BCUT2D eigenvalue weighted by atomic mass is 19.1. The van der Waals surface area contributed by atoms with E-state index in [-0.39, 0.29) is 11.7 Å². The van der Waals surface area contributed by atoms with Gasteiger partial charge in [0.25, 0.3) is 5.91 Å². The summed E-state index contributed by atoms with van der Waals surface area (Å²) in [7, 11) is 3.22. The lowest BCUT2D eigenvalue weighted by atomic mass is 10.1. The highest BCUT2D eigenvalue weighted by molar-refractivity contribution is 5.94. The lowest BCUT2D eigenvalue weighted by Gasteiger charge is -2.12. The van der Waals surface area contributed by atoms with Crippen molar-refractivity contribution >= 4 is 11.9 Å². The fourth-order valence-electron chi connectivity index (χ4n) is 2.87. The standard InChI is InChI=1S/C23H31FN4O3/c1-5-25-23(27-11-10-17-7-9-20(30-3)21(14-17)31-4)28-13-12-26-22(29)18-8-6-16(2)19(24)15-18/h6-9,14-15H,5,10-13H2,1-4H3,(H,26,29)(H2,25,27,28). The molecule has 0 aliphatic heterocycles. The molecule has 31 heavy (non-hydrogen) atoms. The van der Waals surface area contributed by atoms with E-state index < -0.39 is 0 Å². The number of hydrogen-bond donors (Lipinski definition) is 3. The van der Waals surface area contributed by atoms with Crippen molar-refractivity contribution in [3.05, 3.63) is 58.9 Å². The SMILES string of the molecule is CCNC(=NCCc1ccc(OC)c(OC)c1)NCCNC(=O)c1ccc(C)c(F)c1. The quantitative estimate of drug-likeness (QED) is 0.307. The molecule has 1 amide bonds. The summed E-state index contributed by atoms with van der Waals surface area (Å²) in [6.45, 7) is 5.82. The van der Waals surface area contributed by atoms with E-state index in [1.54, 1.807) is 33.3 Å². The van der Waals surface area contributed by atoms with Gasteiger partial charge < -0.3 is 25.4 Å². The van der Waals surface area contributed by atoms with Gasteiger partial charge in [0, 0.05) is 31.7 Å². The van der Waals surface area contributed by atoms with Gasteiger partial charge in [0.2, 0.25) is 0 Å². The molecule has 0 heterocycles. The Balaban J connectivity index is 1.81. The van der Waals surface area contributed by atoms with Gasteiger partial charge in [-0.05, 0) is 55.7 Å². The largest absolute Gasteiger partial charge is 0.493 e. The highest BCUT2D eigenvalue weighted by Crippen LogP contribution is 2.27. The van der Waals surface area contributed by atoms with Crippen LogP contribution in [0.3, 0.4) is 0 Å². The first kappa shape index (κ1) is 24.0. The van der Waals surface area contributed by atoms with Crippen LogP contribution in [0.25, 0.3) is 0 Å². The van der Waals surface area contributed by atoms with E-state index in [2.05, 4.69) is 20.9 Å². The maximum atomic E-state index is 13.6. The number of carbonyl (C=O) groups excluding carboxylic acids is 1. The van der Waals surface area contributed by atoms with Crippen LogP contribution in [0.2, 0.25) is 0 Å². The van der Waals surface area contributed by atoms with Gasteiger partial charge in [0.1, 0.15) is 5.82 Å². The fourth-order valence-corrected chi connectivity index (χ4v) is 2.87. The highest BCUT2D eigenvalue weighted by Gasteiger charge is 2.08. The Hall–Kier alpha value is -3.29. The number of nitrogens with zero attached hydrogens (tertiary/aromatic N) is 1. The third-order valence-corrected chi connectivity index (χ3v) is 4.60. The second kappa shape index (κ2) is 12.4. The van der Waals surface area contributed by atoms with Crippen LogP contribution >= 0.6 is 0 Å². The van der Waals surface area contributed by atoms with E-state index >= 15 is 0 Å². The maximum Gasteiger partial charge on any atom is 0.251 e. The van der Waals surface area contributed by atoms with Crippen LogP contribution < -0.4 is 25.4 Å². The van der Waals surface area contributed by atoms with Crippen LogP contribution in [0.15, 0.2) is 41.4 Å². The van der Waals surface area contributed by atoms with Gasteiger partial charge in [-0.15, -0.1) is 0 Å². The molecule has 7 nitrogen and oxygen atoms in total. The average Bonchev–Trinajstić information content (AvgIpc) is 2.78. The Morgan fingerprint density at radius 1 is 1.00 bits per heavy atom. The third kappa shape index (κ3) is 7.47. The predicted molar refractivity (Wildman–Crippen MR) is 121 cm³/mol. The molecular weight excluding hydrogens is 399 g/mol. The molecule has 0 unspecified atom stereocenters. The molecule has 0 aliphatic carbocycles. The van der Waals surface area contributed by atoms with Crippen molar-refractivity contribution in [2.24, 2.45) is 4.99 Å². The summed E-state index contributed by atoms with van der Waals surface area (Å²) in [5, 5.41) is 9.13. The van der Waals surface area contributed by atoms with Crippen LogP contribution in [0.4, 0.5) is 4.39 Å². The molecule has 0 saturated carbocycles. The molecule has 168 valence electrons. The maximum absolute atomic E-state index is 13.6. The van der Waals surface area contributed by atoms with Gasteiger partial charge >= 0.3 is 0 Å². The van der Waals surface area contributed by atoms with Crippen LogP contribution in [0.5, 0.6) is 11.5 Å². The molecule has 0 fully saturated rings. The summed E-state index contributed by atoms with van der Waals surface area (Å²) in [6.07, 6.45) is 0.743. The molecule has 2 rings (SSSR count). The fraction of sp³-hybridized carbons (Fsp3) is 0.391. The number of aliphatic imine (C=N–C) groups is 1. The first-order valence-electron chi connectivity index (χ1n) is 10.3. The minimum atomic E-state index is -0.387. The molecular formula is C23H31FN4O3. The van der Waals surface area contributed by atoms with Gasteiger partial charge in [-0.3, -0.25) is 9.79 Å². The monoisotopic (exact) mass is 430 g/mol. The number of nitrogens with one attached hydrogen (secondary N) is 3. The van der Waals surface area contributed by atoms with Gasteiger partial charge in [0.15, 0.2) is 17.5 Å². The summed E-state index contributed by atoms with van der Waals surface area (Å²) >= 11 is 0. The van der Waals surface area contributed by atoms with Gasteiger partial charge in [-0.2, -0.15) is 0 Å². The number of methoxy groups -OCH3 is 2. The van der Waals surface area contributed by atoms with E-state index in [4.69, 9.17) is 9.47 Å². The zero-order chi connectivity index (χ0) is 22.6. The molecule has 0 aromatic heterocycles. The van der Waals surface area contributed by atoms with Crippen LogP contribution in [0.1, 0.15) is 28.4 Å². The molecule has 0 bridgehead atoms. The number of ether oxygens (including phenoxy) is 2. The minimum absolute atomic E-state index is 0.304. The van der Waals surface area contributed by atoms with Crippen molar-refractivity contribution in [3.8, 4) is 11.5 Å². The zero-order valence-electron chi connectivity index (χ0n) is 18.5. The normalized spacial score (nSPS) is 11.1. The summed E-state index contributed by atoms with van der Waals surface area (Å²) in [6, 6.07) is 10.3. The number of carbonyl (C=O) groups is 1. The number of halogens is 1. The Morgan fingerprint density at radius 3 is 2.42 bits per heavy atom. The van der Waals surface area contributed by atoms with E-state index in [1.165, 1.54) is 6.07 Å². The smallest absolute Gasteiger partial charge is 0.251 e. The van der Waals surface area contributed by atoms with Crippen molar-refractivity contribution in [1.29, 1.82) is 0 Å². The first-order chi connectivity index (χ1) is 15.0. The third-order valence-electron chi connectivity index (χ3n) is 4.60. The first-order valence-corrected chi connectivity index (χ1v) is 10.3. The topological polar surface area (TPSA) is 84.0 Å². The molecule has 0 atom stereocenters. The predicted octanol–water partition coefficient (Wildman–Crippen LogP) is 2.68. The van der Waals surface area contributed by atoms with Crippen molar-refractivity contribution < 1.29 is 18.7 Å². The van der Waals surface area contributed by atoms with Crippen LogP contribution in [0, 0.1) is 12.7 Å². The van der Waals surface area contributed by atoms with E-state index in [1.807, 2.05) is 25.1 Å². The van der Waals surface area contributed by atoms with E-state index in [0.717, 1.165) is 18.5 Å².